The molecule has 0 spiro atoms. The normalized spacial score (nSPS) is 26.3. The van der Waals surface area contributed by atoms with Gasteiger partial charge in [0.15, 0.2) is 0 Å². The fourth-order valence-corrected chi connectivity index (χ4v) is 1.84. The lowest BCUT2D eigenvalue weighted by Crippen LogP contribution is -2.54. The second kappa shape index (κ2) is 5.47. The molecule has 0 N–H and O–H groups in total. The highest BCUT2D eigenvalue weighted by atomic mass is 16.5. The third kappa shape index (κ3) is 3.18. The standard InChI is InChI=1S/C11H22N2O2/c1-5-15-11(14)10(3)13-7-6-12(4)9(2)8-13/h9-10H,5-8H2,1-4H3. The van der Waals surface area contributed by atoms with Crippen LogP contribution >= 0.6 is 0 Å². The van der Waals surface area contributed by atoms with E-state index in [4.69, 9.17) is 4.74 Å². The van der Waals surface area contributed by atoms with Crippen molar-refractivity contribution in [3.8, 4) is 0 Å². The topological polar surface area (TPSA) is 32.8 Å². The lowest BCUT2D eigenvalue weighted by Gasteiger charge is -2.39. The number of hydrogen-bond donors (Lipinski definition) is 0. The molecule has 1 rings (SSSR count). The molecule has 2 atom stereocenters. The zero-order chi connectivity index (χ0) is 11.4. The molecule has 0 saturated carbocycles. The predicted octanol–water partition coefficient (Wildman–Crippen LogP) is 0.574. The summed E-state index contributed by atoms with van der Waals surface area (Å²) in [7, 11) is 2.12. The molecule has 0 amide bonds. The van der Waals surface area contributed by atoms with E-state index < -0.39 is 0 Å². The number of hydrogen-bond acceptors (Lipinski definition) is 4. The monoisotopic (exact) mass is 214 g/mol. The minimum Gasteiger partial charge on any atom is -0.465 e. The number of likely N-dealkylation sites (N-methyl/N-ethyl adjacent to an activating group) is 1. The van der Waals surface area contributed by atoms with Crippen molar-refractivity contribution in [1.29, 1.82) is 0 Å². The summed E-state index contributed by atoms with van der Waals surface area (Å²) in [6, 6.07) is 0.400. The van der Waals surface area contributed by atoms with E-state index in [1.165, 1.54) is 0 Å². The summed E-state index contributed by atoms with van der Waals surface area (Å²) in [5, 5.41) is 0. The fraction of sp³-hybridized carbons (Fsp3) is 0.909. The predicted molar refractivity (Wildman–Crippen MR) is 59.8 cm³/mol. The summed E-state index contributed by atoms with van der Waals surface area (Å²) in [5.74, 6) is -0.103. The Morgan fingerprint density at radius 3 is 2.73 bits per heavy atom. The number of nitrogens with zero attached hydrogens (tertiary/aromatic N) is 2. The fourth-order valence-electron chi connectivity index (χ4n) is 1.84. The summed E-state index contributed by atoms with van der Waals surface area (Å²) in [6.07, 6.45) is 0. The van der Waals surface area contributed by atoms with Crippen LogP contribution in [0.2, 0.25) is 0 Å². The maximum Gasteiger partial charge on any atom is 0.323 e. The van der Waals surface area contributed by atoms with Crippen LogP contribution in [-0.4, -0.2) is 61.1 Å². The summed E-state index contributed by atoms with van der Waals surface area (Å²) >= 11 is 0. The van der Waals surface area contributed by atoms with Crippen molar-refractivity contribution in [2.24, 2.45) is 0 Å². The molecule has 4 heteroatoms. The van der Waals surface area contributed by atoms with Gasteiger partial charge >= 0.3 is 5.97 Å². The van der Waals surface area contributed by atoms with Crippen LogP contribution in [0.3, 0.4) is 0 Å². The number of piperazine rings is 1. The van der Waals surface area contributed by atoms with Crippen molar-refractivity contribution < 1.29 is 9.53 Å². The van der Waals surface area contributed by atoms with E-state index >= 15 is 0 Å². The Hall–Kier alpha value is -0.610. The molecular weight excluding hydrogens is 192 g/mol. The van der Waals surface area contributed by atoms with Gasteiger partial charge in [0.1, 0.15) is 6.04 Å². The number of esters is 1. The zero-order valence-electron chi connectivity index (χ0n) is 10.2. The summed E-state index contributed by atoms with van der Waals surface area (Å²) in [6.45, 7) is 9.33. The molecule has 1 heterocycles. The molecule has 0 bridgehead atoms. The van der Waals surface area contributed by atoms with Crippen molar-refractivity contribution in [2.75, 3.05) is 33.3 Å². The Kier molecular flexibility index (Phi) is 4.54. The first-order chi connectivity index (χ1) is 7.06. The van der Waals surface area contributed by atoms with Crippen LogP contribution in [0.15, 0.2) is 0 Å². The lowest BCUT2D eigenvalue weighted by molar-refractivity contribution is -0.149. The lowest BCUT2D eigenvalue weighted by atomic mass is 10.1. The van der Waals surface area contributed by atoms with Crippen molar-refractivity contribution in [2.45, 2.75) is 32.9 Å². The smallest absolute Gasteiger partial charge is 0.323 e. The summed E-state index contributed by atoms with van der Waals surface area (Å²) < 4.78 is 5.02. The number of carbonyl (C=O) groups is 1. The Labute approximate surface area is 92.2 Å². The van der Waals surface area contributed by atoms with Crippen LogP contribution in [0, 0.1) is 0 Å². The van der Waals surface area contributed by atoms with Gasteiger partial charge in [-0.25, -0.2) is 0 Å². The molecule has 4 nitrogen and oxygen atoms in total. The van der Waals surface area contributed by atoms with Gasteiger partial charge in [0.25, 0.3) is 0 Å². The van der Waals surface area contributed by atoms with E-state index in [0.29, 0.717) is 12.6 Å². The minimum absolute atomic E-state index is 0.103. The van der Waals surface area contributed by atoms with Crippen LogP contribution in [0.25, 0.3) is 0 Å². The van der Waals surface area contributed by atoms with Crippen molar-refractivity contribution >= 4 is 5.97 Å². The van der Waals surface area contributed by atoms with E-state index in [1.807, 2.05) is 13.8 Å². The molecule has 1 aliphatic heterocycles. The minimum atomic E-state index is -0.110. The first-order valence-electron chi connectivity index (χ1n) is 5.67. The largest absolute Gasteiger partial charge is 0.465 e. The van der Waals surface area contributed by atoms with Gasteiger partial charge in [-0.2, -0.15) is 0 Å². The highest BCUT2D eigenvalue weighted by molar-refractivity contribution is 5.75. The number of carbonyl (C=O) groups excluding carboxylic acids is 1. The highest BCUT2D eigenvalue weighted by Gasteiger charge is 2.28. The summed E-state index contributed by atoms with van der Waals surface area (Å²) in [4.78, 5) is 16.1. The molecule has 1 aliphatic rings. The Morgan fingerprint density at radius 1 is 1.53 bits per heavy atom. The van der Waals surface area contributed by atoms with Crippen molar-refractivity contribution in [1.82, 2.24) is 9.80 Å². The Balaban J connectivity index is 2.46. The third-order valence-corrected chi connectivity index (χ3v) is 3.17. The molecule has 1 saturated heterocycles. The van der Waals surface area contributed by atoms with Crippen LogP contribution < -0.4 is 0 Å². The zero-order valence-corrected chi connectivity index (χ0v) is 10.2. The van der Waals surface area contributed by atoms with Crippen LogP contribution in [0.1, 0.15) is 20.8 Å². The van der Waals surface area contributed by atoms with Crippen molar-refractivity contribution in [3.63, 3.8) is 0 Å². The SMILES string of the molecule is CCOC(=O)C(C)N1CCN(C)C(C)C1. The molecule has 0 radical (unpaired) electrons. The number of ether oxygens (including phenoxy) is 1. The average Bonchev–Trinajstić information content (AvgIpc) is 2.21. The molecule has 0 aromatic heterocycles. The highest BCUT2D eigenvalue weighted by Crippen LogP contribution is 2.11. The van der Waals surface area contributed by atoms with E-state index in [-0.39, 0.29) is 12.0 Å². The van der Waals surface area contributed by atoms with Gasteiger partial charge in [-0.15, -0.1) is 0 Å². The van der Waals surface area contributed by atoms with Crippen LogP contribution in [0.5, 0.6) is 0 Å². The Morgan fingerprint density at radius 2 is 2.20 bits per heavy atom. The molecule has 88 valence electrons. The molecule has 0 aromatic carbocycles. The number of rotatable bonds is 3. The van der Waals surface area contributed by atoms with Crippen LogP contribution in [0.4, 0.5) is 0 Å². The van der Waals surface area contributed by atoms with E-state index in [9.17, 15) is 4.79 Å². The van der Waals surface area contributed by atoms with Gasteiger partial charge in [-0.05, 0) is 27.8 Å². The first kappa shape index (κ1) is 12.5. The quantitative estimate of drug-likeness (QED) is 0.643. The maximum atomic E-state index is 11.6. The van der Waals surface area contributed by atoms with E-state index in [2.05, 4.69) is 23.8 Å². The molecule has 1 fully saturated rings. The summed E-state index contributed by atoms with van der Waals surface area (Å²) in [5.41, 5.74) is 0. The molecule has 2 unspecified atom stereocenters. The second-order valence-electron chi connectivity index (χ2n) is 4.25. The average molecular weight is 214 g/mol. The van der Waals surface area contributed by atoms with E-state index in [0.717, 1.165) is 19.6 Å². The van der Waals surface area contributed by atoms with Gasteiger partial charge in [0.2, 0.25) is 0 Å². The Bertz CT molecular complexity index is 221. The maximum absolute atomic E-state index is 11.6. The molecular formula is C11H22N2O2. The van der Waals surface area contributed by atoms with Crippen LogP contribution in [-0.2, 0) is 9.53 Å². The van der Waals surface area contributed by atoms with Gasteiger partial charge < -0.3 is 9.64 Å². The molecule has 0 aliphatic carbocycles. The van der Waals surface area contributed by atoms with Gasteiger partial charge in [0, 0.05) is 25.7 Å². The van der Waals surface area contributed by atoms with Gasteiger partial charge in [0.05, 0.1) is 6.61 Å². The van der Waals surface area contributed by atoms with Crippen molar-refractivity contribution in [3.05, 3.63) is 0 Å². The first-order valence-corrected chi connectivity index (χ1v) is 5.67. The molecule has 0 aromatic rings. The van der Waals surface area contributed by atoms with E-state index in [1.54, 1.807) is 0 Å². The second-order valence-corrected chi connectivity index (χ2v) is 4.25. The van der Waals surface area contributed by atoms with Gasteiger partial charge in [-0.1, -0.05) is 0 Å². The molecule has 15 heavy (non-hydrogen) atoms. The third-order valence-electron chi connectivity index (χ3n) is 3.17. The van der Waals surface area contributed by atoms with Gasteiger partial charge in [-0.3, -0.25) is 9.69 Å².